The lowest BCUT2D eigenvalue weighted by Gasteiger charge is -2.09. The van der Waals surface area contributed by atoms with Crippen LogP contribution in [-0.4, -0.2) is 28.7 Å². The van der Waals surface area contributed by atoms with Gasteiger partial charge in [0, 0.05) is 30.9 Å². The number of hydrogen-bond donors (Lipinski definition) is 2. The second kappa shape index (κ2) is 11.9. The molecule has 0 heterocycles. The highest BCUT2D eigenvalue weighted by Crippen LogP contribution is 2.26. The molecule has 2 N–H and O–H groups in total. The summed E-state index contributed by atoms with van der Waals surface area (Å²) in [5.41, 5.74) is 0.785. The molecule has 3 heteroatoms. The predicted octanol–water partition coefficient (Wildman–Crippen LogP) is 3.33. The average Bonchev–Trinajstić information content (AvgIpc) is 2.89. The summed E-state index contributed by atoms with van der Waals surface area (Å²) in [5, 5.41) is 18.6. The number of aliphatic hydroxyl groups is 2. The highest BCUT2D eigenvalue weighted by Gasteiger charge is 2.21. The summed E-state index contributed by atoms with van der Waals surface area (Å²) in [4.78, 5) is 11.9. The Morgan fingerprint density at radius 2 is 2.13 bits per heavy atom. The molecule has 0 unspecified atom stereocenters. The van der Waals surface area contributed by atoms with E-state index in [-0.39, 0.29) is 18.3 Å². The van der Waals surface area contributed by atoms with Crippen LogP contribution in [0, 0.1) is 17.8 Å². The molecule has 126 valence electrons. The zero-order chi connectivity index (χ0) is 16.9. The summed E-state index contributed by atoms with van der Waals surface area (Å²) in [6.45, 7) is 2.22. The van der Waals surface area contributed by atoms with Gasteiger partial charge in [0.2, 0.25) is 0 Å². The third kappa shape index (κ3) is 7.97. The number of carbonyl (C=O) groups is 1. The van der Waals surface area contributed by atoms with E-state index in [4.69, 9.17) is 5.11 Å². The summed E-state index contributed by atoms with van der Waals surface area (Å²) >= 11 is 0. The van der Waals surface area contributed by atoms with Crippen LogP contribution in [0.1, 0.15) is 51.9 Å². The van der Waals surface area contributed by atoms with Crippen molar-refractivity contribution in [2.24, 2.45) is 5.92 Å². The molecule has 3 nitrogen and oxygen atoms in total. The molecular weight excluding hydrogens is 288 g/mol. The molecule has 1 rings (SSSR count). The van der Waals surface area contributed by atoms with E-state index >= 15 is 0 Å². The lowest BCUT2D eigenvalue weighted by atomic mass is 9.96. The van der Waals surface area contributed by atoms with Gasteiger partial charge in [0.25, 0.3) is 0 Å². The zero-order valence-corrected chi connectivity index (χ0v) is 14.0. The second-order valence-corrected chi connectivity index (χ2v) is 5.72. The normalized spacial score (nSPS) is 20.2. The molecule has 23 heavy (non-hydrogen) atoms. The van der Waals surface area contributed by atoms with E-state index < -0.39 is 6.10 Å². The number of hydrogen-bond acceptors (Lipinski definition) is 3. The Morgan fingerprint density at radius 3 is 2.87 bits per heavy atom. The van der Waals surface area contributed by atoms with E-state index in [0.29, 0.717) is 12.8 Å². The smallest absolute Gasteiger partial charge is 0.181 e. The van der Waals surface area contributed by atoms with Gasteiger partial charge in [-0.2, -0.15) is 0 Å². The minimum absolute atomic E-state index is 0.0514. The van der Waals surface area contributed by atoms with Crippen molar-refractivity contribution >= 4 is 5.78 Å². The summed E-state index contributed by atoms with van der Waals surface area (Å²) in [6.07, 6.45) is 14.4. The Morgan fingerprint density at radius 1 is 1.30 bits per heavy atom. The van der Waals surface area contributed by atoms with Crippen LogP contribution >= 0.6 is 0 Å². The fraction of sp³-hybridized carbons (Fsp3) is 0.550. The maximum absolute atomic E-state index is 11.9. The lowest BCUT2D eigenvalue weighted by molar-refractivity contribution is -0.111. The quantitative estimate of drug-likeness (QED) is 0.297. The molecule has 1 aliphatic rings. The Kier molecular flexibility index (Phi) is 10.0. The molecule has 0 spiro atoms. The standard InChI is InChI=1S/C20H28O3/c1-2-3-7-11-18(22)13-14-19-17(12-15-20(19)23)10-8-5-4-6-9-16-21/h5,8,12,14-15,17-18,21-22H,2,4,6,9-11,13,16H2,1H3/b8-5-,19-14+/t17-,18-/m0/s1. The van der Waals surface area contributed by atoms with Crippen molar-refractivity contribution in [3.05, 3.63) is 36.0 Å². The van der Waals surface area contributed by atoms with Crippen LogP contribution in [0.2, 0.25) is 0 Å². The highest BCUT2D eigenvalue weighted by atomic mass is 16.3. The van der Waals surface area contributed by atoms with Gasteiger partial charge in [-0.15, -0.1) is 11.8 Å². The van der Waals surface area contributed by atoms with Gasteiger partial charge in [0.1, 0.15) is 0 Å². The maximum atomic E-state index is 11.9. The fourth-order valence-corrected chi connectivity index (χ4v) is 2.44. The number of rotatable bonds is 9. The van der Waals surface area contributed by atoms with E-state index in [1.165, 1.54) is 0 Å². The van der Waals surface area contributed by atoms with Gasteiger partial charge < -0.3 is 10.2 Å². The number of unbranched alkanes of at least 4 members (excludes halogenated alkanes) is 2. The molecule has 0 fully saturated rings. The molecule has 0 saturated heterocycles. The summed E-state index contributed by atoms with van der Waals surface area (Å²) in [6, 6.07) is 0. The first-order valence-corrected chi connectivity index (χ1v) is 8.51. The van der Waals surface area contributed by atoms with Gasteiger partial charge in [-0.1, -0.05) is 31.2 Å². The van der Waals surface area contributed by atoms with E-state index in [1.807, 2.05) is 19.1 Å². The van der Waals surface area contributed by atoms with Gasteiger partial charge in [0.15, 0.2) is 5.78 Å². The Balaban J connectivity index is 2.45. The fourth-order valence-electron chi connectivity index (χ4n) is 2.44. The Bertz CT molecular complexity index is 503. The molecule has 0 radical (unpaired) electrons. The molecule has 0 saturated carbocycles. The van der Waals surface area contributed by atoms with Crippen molar-refractivity contribution in [1.82, 2.24) is 0 Å². The first-order valence-electron chi connectivity index (χ1n) is 8.51. The van der Waals surface area contributed by atoms with Crippen LogP contribution in [-0.2, 0) is 4.79 Å². The minimum Gasteiger partial charge on any atom is -0.396 e. The highest BCUT2D eigenvalue weighted by molar-refractivity contribution is 6.07. The summed E-state index contributed by atoms with van der Waals surface area (Å²) < 4.78 is 0. The molecule has 0 aliphatic heterocycles. The van der Waals surface area contributed by atoms with Crippen molar-refractivity contribution in [3.8, 4) is 11.8 Å². The van der Waals surface area contributed by atoms with Crippen LogP contribution in [0.25, 0.3) is 0 Å². The first kappa shape index (κ1) is 19.4. The largest absolute Gasteiger partial charge is 0.396 e. The van der Waals surface area contributed by atoms with Gasteiger partial charge in [-0.3, -0.25) is 4.79 Å². The monoisotopic (exact) mass is 316 g/mol. The predicted molar refractivity (Wildman–Crippen MR) is 93.7 cm³/mol. The molecule has 1 aliphatic carbocycles. The number of allylic oxidation sites excluding steroid dienone is 5. The molecule has 0 aromatic heterocycles. The van der Waals surface area contributed by atoms with Gasteiger partial charge in [-0.05, 0) is 38.2 Å². The van der Waals surface area contributed by atoms with Crippen molar-refractivity contribution in [3.63, 3.8) is 0 Å². The van der Waals surface area contributed by atoms with Gasteiger partial charge >= 0.3 is 0 Å². The third-order valence-corrected chi connectivity index (χ3v) is 3.75. The topological polar surface area (TPSA) is 57.5 Å². The van der Waals surface area contributed by atoms with E-state index in [9.17, 15) is 9.90 Å². The summed E-state index contributed by atoms with van der Waals surface area (Å²) in [5.74, 6) is 6.04. The molecule has 0 amide bonds. The van der Waals surface area contributed by atoms with Crippen molar-refractivity contribution in [2.45, 2.75) is 58.0 Å². The van der Waals surface area contributed by atoms with Crippen LogP contribution in [0.15, 0.2) is 36.0 Å². The summed E-state index contributed by atoms with van der Waals surface area (Å²) in [7, 11) is 0. The molecule has 0 aromatic carbocycles. The Labute approximate surface area is 139 Å². The van der Waals surface area contributed by atoms with E-state index in [2.05, 4.69) is 24.0 Å². The van der Waals surface area contributed by atoms with Crippen LogP contribution in [0.3, 0.4) is 0 Å². The van der Waals surface area contributed by atoms with Crippen molar-refractivity contribution in [1.29, 1.82) is 0 Å². The van der Waals surface area contributed by atoms with Crippen LogP contribution in [0.5, 0.6) is 0 Å². The SMILES string of the molecule is CCC#CC[C@H](O)C/C=C1/C(=O)C=C[C@@H]1C/C=C\CCCCO. The second-order valence-electron chi connectivity index (χ2n) is 5.72. The van der Waals surface area contributed by atoms with E-state index in [0.717, 1.165) is 37.7 Å². The maximum Gasteiger partial charge on any atom is 0.181 e. The van der Waals surface area contributed by atoms with Crippen molar-refractivity contribution < 1.29 is 15.0 Å². The first-order chi connectivity index (χ1) is 11.2. The third-order valence-electron chi connectivity index (χ3n) is 3.75. The lowest BCUT2D eigenvalue weighted by Crippen LogP contribution is -2.07. The Hall–Kier alpha value is -1.63. The molecule has 0 aromatic rings. The van der Waals surface area contributed by atoms with Crippen molar-refractivity contribution in [2.75, 3.05) is 6.61 Å². The van der Waals surface area contributed by atoms with E-state index in [1.54, 1.807) is 6.08 Å². The van der Waals surface area contributed by atoms with Crippen LogP contribution < -0.4 is 0 Å². The van der Waals surface area contributed by atoms with Gasteiger partial charge in [-0.25, -0.2) is 0 Å². The number of ketones is 1. The van der Waals surface area contributed by atoms with Gasteiger partial charge in [0.05, 0.1) is 6.10 Å². The average molecular weight is 316 g/mol. The molecular formula is C20H28O3. The molecule has 2 atom stereocenters. The minimum atomic E-state index is -0.510. The zero-order valence-electron chi connectivity index (χ0n) is 14.0. The molecule has 0 bridgehead atoms. The number of aliphatic hydroxyl groups excluding tert-OH is 2. The van der Waals surface area contributed by atoms with Crippen LogP contribution in [0.4, 0.5) is 0 Å². The number of carbonyl (C=O) groups excluding carboxylic acids is 1.